The first-order valence-electron chi connectivity index (χ1n) is 3.97. The van der Waals surface area contributed by atoms with Crippen LogP contribution < -0.4 is 5.73 Å². The molecule has 4 nitrogen and oxygen atoms in total. The highest BCUT2D eigenvalue weighted by molar-refractivity contribution is 6.01. The van der Waals surface area contributed by atoms with Crippen molar-refractivity contribution in [3.63, 3.8) is 0 Å². The molecule has 0 aliphatic carbocycles. The summed E-state index contributed by atoms with van der Waals surface area (Å²) in [5.74, 6) is 0.976. The largest absolute Gasteiger partial charge is 0.384 e. The van der Waals surface area contributed by atoms with Gasteiger partial charge in [0.15, 0.2) is 0 Å². The van der Waals surface area contributed by atoms with Crippen LogP contribution >= 0.6 is 0 Å². The van der Waals surface area contributed by atoms with Crippen LogP contribution in [-0.4, -0.2) is 15.2 Å². The van der Waals surface area contributed by atoms with Gasteiger partial charge in [-0.25, -0.2) is 4.98 Å². The fourth-order valence-electron chi connectivity index (χ4n) is 1.38. The molecule has 13 heavy (non-hydrogen) atoms. The number of fused-ring (bicyclic) bond motifs is 1. The van der Waals surface area contributed by atoms with E-state index in [-0.39, 0.29) is 5.84 Å². The van der Waals surface area contributed by atoms with Crippen LogP contribution in [0.1, 0.15) is 11.4 Å². The van der Waals surface area contributed by atoms with E-state index in [0.29, 0.717) is 0 Å². The summed E-state index contributed by atoms with van der Waals surface area (Å²) in [5, 5.41) is 7.36. The molecular weight excluding hydrogens is 164 g/mol. The Bertz CT molecular complexity index is 469. The van der Waals surface area contributed by atoms with Crippen LogP contribution in [0.25, 0.3) is 5.52 Å². The third-order valence-electron chi connectivity index (χ3n) is 2.05. The molecule has 0 saturated heterocycles. The fraction of sp³-hybridized carbons (Fsp3) is 0.111. The molecule has 0 fully saturated rings. The average molecular weight is 174 g/mol. The highest BCUT2D eigenvalue weighted by atomic mass is 15.0. The third kappa shape index (κ3) is 1.07. The lowest BCUT2D eigenvalue weighted by molar-refractivity contribution is 1.04. The topological polar surface area (TPSA) is 67.2 Å². The SMILES string of the molecule is Cc1ncc2c(C(=N)N)cccn12. The summed E-state index contributed by atoms with van der Waals surface area (Å²) < 4.78 is 1.91. The third-order valence-corrected chi connectivity index (χ3v) is 2.05. The zero-order valence-corrected chi connectivity index (χ0v) is 7.28. The second-order valence-corrected chi connectivity index (χ2v) is 2.90. The van der Waals surface area contributed by atoms with Gasteiger partial charge in [0.2, 0.25) is 0 Å². The standard InChI is InChI=1S/C9H10N4/c1-6-12-5-8-7(9(10)11)3-2-4-13(6)8/h2-5H,1H3,(H3,10,11). The summed E-state index contributed by atoms with van der Waals surface area (Å²) in [4.78, 5) is 4.15. The lowest BCUT2D eigenvalue weighted by atomic mass is 10.2. The van der Waals surface area contributed by atoms with Crippen LogP contribution in [0.2, 0.25) is 0 Å². The minimum Gasteiger partial charge on any atom is -0.384 e. The van der Waals surface area contributed by atoms with Crippen molar-refractivity contribution in [2.24, 2.45) is 5.73 Å². The lowest BCUT2D eigenvalue weighted by Gasteiger charge is -2.01. The molecule has 2 rings (SSSR count). The first-order chi connectivity index (χ1) is 6.20. The van der Waals surface area contributed by atoms with Crippen LogP contribution in [0.4, 0.5) is 0 Å². The summed E-state index contributed by atoms with van der Waals surface area (Å²) in [6, 6.07) is 3.68. The van der Waals surface area contributed by atoms with Crippen LogP contribution in [0.3, 0.4) is 0 Å². The molecule has 66 valence electrons. The van der Waals surface area contributed by atoms with Crippen LogP contribution in [-0.2, 0) is 0 Å². The number of pyridine rings is 1. The Morgan fingerprint density at radius 3 is 3.08 bits per heavy atom. The predicted molar refractivity (Wildman–Crippen MR) is 50.9 cm³/mol. The molecule has 0 amide bonds. The van der Waals surface area contributed by atoms with Gasteiger partial charge in [0.05, 0.1) is 11.7 Å². The number of nitrogen functional groups attached to an aromatic ring is 1. The minimum absolute atomic E-state index is 0.0745. The zero-order chi connectivity index (χ0) is 9.42. The molecule has 0 atom stereocenters. The van der Waals surface area contributed by atoms with E-state index in [1.165, 1.54) is 0 Å². The van der Waals surface area contributed by atoms with Crippen molar-refractivity contribution in [1.82, 2.24) is 9.38 Å². The lowest BCUT2D eigenvalue weighted by Crippen LogP contribution is -2.12. The van der Waals surface area contributed by atoms with Crippen molar-refractivity contribution in [1.29, 1.82) is 5.41 Å². The van der Waals surface area contributed by atoms with Crippen molar-refractivity contribution < 1.29 is 0 Å². The molecular formula is C9H10N4. The van der Waals surface area contributed by atoms with E-state index in [0.717, 1.165) is 16.9 Å². The number of hydrogen-bond acceptors (Lipinski definition) is 2. The molecule has 4 heteroatoms. The maximum absolute atomic E-state index is 7.36. The van der Waals surface area contributed by atoms with E-state index < -0.39 is 0 Å². The number of nitrogens with two attached hydrogens (primary N) is 1. The van der Waals surface area contributed by atoms with Gasteiger partial charge in [-0.3, -0.25) is 5.41 Å². The van der Waals surface area contributed by atoms with Crippen molar-refractivity contribution in [3.8, 4) is 0 Å². The second-order valence-electron chi connectivity index (χ2n) is 2.90. The van der Waals surface area contributed by atoms with E-state index in [4.69, 9.17) is 11.1 Å². The molecule has 0 bridgehead atoms. The maximum Gasteiger partial charge on any atom is 0.124 e. The smallest absolute Gasteiger partial charge is 0.124 e. The van der Waals surface area contributed by atoms with Gasteiger partial charge in [-0.2, -0.15) is 0 Å². The van der Waals surface area contributed by atoms with E-state index >= 15 is 0 Å². The van der Waals surface area contributed by atoms with Crippen molar-refractivity contribution in [2.45, 2.75) is 6.92 Å². The summed E-state index contributed by atoms with van der Waals surface area (Å²) in [6.45, 7) is 1.91. The van der Waals surface area contributed by atoms with Crippen molar-refractivity contribution in [2.75, 3.05) is 0 Å². The monoisotopic (exact) mass is 174 g/mol. The Morgan fingerprint density at radius 1 is 1.62 bits per heavy atom. The maximum atomic E-state index is 7.36. The first kappa shape index (κ1) is 7.79. The Balaban J connectivity index is 2.84. The van der Waals surface area contributed by atoms with E-state index in [9.17, 15) is 0 Å². The van der Waals surface area contributed by atoms with Gasteiger partial charge in [-0.1, -0.05) is 0 Å². The van der Waals surface area contributed by atoms with E-state index in [1.54, 1.807) is 6.20 Å². The first-order valence-corrected chi connectivity index (χ1v) is 3.97. The Kier molecular flexibility index (Phi) is 1.55. The number of imidazole rings is 1. The van der Waals surface area contributed by atoms with Crippen LogP contribution in [0, 0.1) is 12.3 Å². The Labute approximate surface area is 75.5 Å². The Hall–Kier alpha value is -1.84. The van der Waals surface area contributed by atoms with E-state index in [2.05, 4.69) is 4.98 Å². The molecule has 2 aromatic rings. The number of aryl methyl sites for hydroxylation is 1. The molecule has 0 radical (unpaired) electrons. The highest BCUT2D eigenvalue weighted by Gasteiger charge is 2.05. The normalized spacial score (nSPS) is 10.5. The number of aromatic nitrogens is 2. The molecule has 2 heterocycles. The predicted octanol–water partition coefficient (Wildman–Crippen LogP) is 0.927. The van der Waals surface area contributed by atoms with Gasteiger partial charge < -0.3 is 10.1 Å². The number of nitrogens with zero attached hydrogens (tertiary/aromatic N) is 2. The van der Waals surface area contributed by atoms with Gasteiger partial charge in [0.25, 0.3) is 0 Å². The second kappa shape index (κ2) is 2.58. The van der Waals surface area contributed by atoms with Crippen molar-refractivity contribution >= 4 is 11.4 Å². The molecule has 2 aromatic heterocycles. The van der Waals surface area contributed by atoms with Gasteiger partial charge in [0, 0.05) is 11.8 Å². The molecule has 3 N–H and O–H groups in total. The molecule has 0 aromatic carbocycles. The van der Waals surface area contributed by atoms with Gasteiger partial charge in [0.1, 0.15) is 11.7 Å². The van der Waals surface area contributed by atoms with Gasteiger partial charge in [-0.05, 0) is 19.1 Å². The average Bonchev–Trinajstić information content (AvgIpc) is 2.48. The number of hydrogen-bond donors (Lipinski definition) is 2. The summed E-state index contributed by atoms with van der Waals surface area (Å²) in [6.07, 6.45) is 3.64. The molecule has 0 aliphatic rings. The fourth-order valence-corrected chi connectivity index (χ4v) is 1.38. The number of rotatable bonds is 1. The summed E-state index contributed by atoms with van der Waals surface area (Å²) >= 11 is 0. The molecule has 0 saturated carbocycles. The van der Waals surface area contributed by atoms with E-state index in [1.807, 2.05) is 29.7 Å². The van der Waals surface area contributed by atoms with Crippen LogP contribution in [0.15, 0.2) is 24.5 Å². The number of nitrogens with one attached hydrogen (secondary N) is 1. The molecule has 0 spiro atoms. The van der Waals surface area contributed by atoms with Crippen LogP contribution in [0.5, 0.6) is 0 Å². The quantitative estimate of drug-likeness (QED) is 0.498. The van der Waals surface area contributed by atoms with Crippen molar-refractivity contribution in [3.05, 3.63) is 35.9 Å². The minimum atomic E-state index is 0.0745. The highest BCUT2D eigenvalue weighted by Crippen LogP contribution is 2.11. The summed E-state index contributed by atoms with van der Waals surface area (Å²) in [7, 11) is 0. The Morgan fingerprint density at radius 2 is 2.38 bits per heavy atom. The summed E-state index contributed by atoms with van der Waals surface area (Å²) in [5.41, 5.74) is 7.04. The molecule has 0 aliphatic heterocycles. The number of amidine groups is 1. The van der Waals surface area contributed by atoms with Gasteiger partial charge >= 0.3 is 0 Å². The molecule has 0 unspecified atom stereocenters. The van der Waals surface area contributed by atoms with Gasteiger partial charge in [-0.15, -0.1) is 0 Å². The zero-order valence-electron chi connectivity index (χ0n) is 7.28.